The molecule has 3 aromatic rings. The highest BCUT2D eigenvalue weighted by molar-refractivity contribution is 5.79. The fourth-order valence-corrected chi connectivity index (χ4v) is 3.46. The van der Waals surface area contributed by atoms with Crippen LogP contribution in [0, 0.1) is 0 Å². The first kappa shape index (κ1) is 18.3. The average molecular weight is 378 g/mol. The maximum atomic E-state index is 5.56. The smallest absolute Gasteiger partial charge is 0.190 e. The predicted molar refractivity (Wildman–Crippen MR) is 110 cm³/mol. The molecule has 0 saturated carbocycles. The quantitative estimate of drug-likeness (QED) is 0.374. The number of aryl methyl sites for hydroxylation is 1. The van der Waals surface area contributed by atoms with E-state index in [-0.39, 0.29) is 0 Å². The SMILES string of the molecule is CN=C(NCCCc1nnc2ccccn12)NCCc1ccc2c(c1)CCO2. The molecule has 7 heteroatoms. The third-order valence-corrected chi connectivity index (χ3v) is 4.94. The third-order valence-electron chi connectivity index (χ3n) is 4.94. The summed E-state index contributed by atoms with van der Waals surface area (Å²) in [6.45, 7) is 2.48. The predicted octanol–water partition coefficient (Wildman–Crippen LogP) is 2.00. The lowest BCUT2D eigenvalue weighted by Crippen LogP contribution is -2.38. The summed E-state index contributed by atoms with van der Waals surface area (Å²) >= 11 is 0. The van der Waals surface area contributed by atoms with Crippen LogP contribution in [0.25, 0.3) is 5.65 Å². The van der Waals surface area contributed by atoms with Crippen molar-refractivity contribution in [2.24, 2.45) is 4.99 Å². The van der Waals surface area contributed by atoms with Crippen LogP contribution in [0.15, 0.2) is 47.6 Å². The topological polar surface area (TPSA) is 75.8 Å². The van der Waals surface area contributed by atoms with Gasteiger partial charge >= 0.3 is 0 Å². The van der Waals surface area contributed by atoms with Gasteiger partial charge in [0.05, 0.1) is 6.61 Å². The summed E-state index contributed by atoms with van der Waals surface area (Å²) < 4.78 is 7.60. The number of rotatable bonds is 7. The van der Waals surface area contributed by atoms with Crippen molar-refractivity contribution < 1.29 is 4.74 Å². The van der Waals surface area contributed by atoms with E-state index in [1.807, 2.05) is 28.8 Å². The minimum absolute atomic E-state index is 0.804. The second kappa shape index (κ2) is 8.73. The van der Waals surface area contributed by atoms with Crippen LogP contribution in [0.4, 0.5) is 0 Å². The molecule has 4 rings (SSSR count). The van der Waals surface area contributed by atoms with E-state index in [1.165, 1.54) is 11.1 Å². The van der Waals surface area contributed by atoms with Crippen LogP contribution in [0.5, 0.6) is 5.75 Å². The first-order valence-corrected chi connectivity index (χ1v) is 9.81. The minimum Gasteiger partial charge on any atom is -0.493 e. The first-order valence-electron chi connectivity index (χ1n) is 9.81. The maximum Gasteiger partial charge on any atom is 0.190 e. The Morgan fingerprint density at radius 3 is 3.00 bits per heavy atom. The lowest BCUT2D eigenvalue weighted by atomic mass is 10.1. The van der Waals surface area contributed by atoms with Crippen molar-refractivity contribution in [1.29, 1.82) is 0 Å². The molecule has 0 amide bonds. The molecule has 28 heavy (non-hydrogen) atoms. The highest BCUT2D eigenvalue weighted by Gasteiger charge is 2.11. The van der Waals surface area contributed by atoms with Gasteiger partial charge in [-0.15, -0.1) is 10.2 Å². The van der Waals surface area contributed by atoms with E-state index in [1.54, 1.807) is 7.05 Å². The van der Waals surface area contributed by atoms with Crippen molar-refractivity contribution in [1.82, 2.24) is 25.2 Å². The number of pyridine rings is 1. The lowest BCUT2D eigenvalue weighted by Gasteiger charge is -2.12. The molecule has 0 atom stereocenters. The zero-order valence-electron chi connectivity index (χ0n) is 16.2. The molecule has 0 spiro atoms. The van der Waals surface area contributed by atoms with Crippen molar-refractivity contribution in [2.75, 3.05) is 26.7 Å². The van der Waals surface area contributed by atoms with Gasteiger partial charge in [-0.1, -0.05) is 18.2 Å². The number of nitrogens with zero attached hydrogens (tertiary/aromatic N) is 4. The highest BCUT2D eigenvalue weighted by Crippen LogP contribution is 2.25. The zero-order valence-corrected chi connectivity index (χ0v) is 16.2. The number of hydrogen-bond acceptors (Lipinski definition) is 4. The molecular weight excluding hydrogens is 352 g/mol. The summed E-state index contributed by atoms with van der Waals surface area (Å²) in [5.41, 5.74) is 3.54. The van der Waals surface area contributed by atoms with Gasteiger partial charge in [0.15, 0.2) is 11.6 Å². The van der Waals surface area contributed by atoms with Crippen molar-refractivity contribution in [3.63, 3.8) is 0 Å². The number of aliphatic imine (C=N–C) groups is 1. The summed E-state index contributed by atoms with van der Waals surface area (Å²) in [6.07, 6.45) is 5.80. The van der Waals surface area contributed by atoms with Crippen LogP contribution in [0.3, 0.4) is 0 Å². The van der Waals surface area contributed by atoms with Gasteiger partial charge in [-0.25, -0.2) is 0 Å². The van der Waals surface area contributed by atoms with E-state index in [2.05, 4.69) is 44.0 Å². The summed E-state index contributed by atoms with van der Waals surface area (Å²) in [7, 11) is 1.80. The van der Waals surface area contributed by atoms with Crippen molar-refractivity contribution in [3.8, 4) is 5.75 Å². The molecule has 1 aliphatic rings. The van der Waals surface area contributed by atoms with Crippen LogP contribution >= 0.6 is 0 Å². The number of fused-ring (bicyclic) bond motifs is 2. The van der Waals surface area contributed by atoms with Gasteiger partial charge in [0, 0.05) is 39.2 Å². The molecule has 1 aliphatic heterocycles. The fourth-order valence-electron chi connectivity index (χ4n) is 3.46. The normalized spacial score (nSPS) is 13.4. The first-order chi connectivity index (χ1) is 13.8. The van der Waals surface area contributed by atoms with E-state index < -0.39 is 0 Å². The second-order valence-corrected chi connectivity index (χ2v) is 6.86. The number of aromatic nitrogens is 3. The standard InChI is InChI=1S/C21H26N6O/c1-22-21(24-12-9-16-7-8-18-17(15-16)10-14-28-18)23-11-4-6-20-26-25-19-5-2-3-13-27(19)20/h2-3,5,7-8,13,15H,4,6,9-12,14H2,1H3,(H2,22,23,24). The Hall–Kier alpha value is -3.09. The van der Waals surface area contributed by atoms with Crippen LogP contribution in [0.1, 0.15) is 23.4 Å². The van der Waals surface area contributed by atoms with Gasteiger partial charge in [-0.05, 0) is 42.2 Å². The molecular formula is C21H26N6O. The van der Waals surface area contributed by atoms with E-state index in [0.717, 1.165) is 68.6 Å². The molecule has 0 unspecified atom stereocenters. The molecule has 0 fully saturated rings. The van der Waals surface area contributed by atoms with Crippen LogP contribution in [-0.2, 0) is 19.3 Å². The molecule has 2 N–H and O–H groups in total. The highest BCUT2D eigenvalue weighted by atomic mass is 16.5. The monoisotopic (exact) mass is 378 g/mol. The van der Waals surface area contributed by atoms with Gasteiger partial charge in [0.1, 0.15) is 11.6 Å². The van der Waals surface area contributed by atoms with Crippen molar-refractivity contribution >= 4 is 11.6 Å². The van der Waals surface area contributed by atoms with Crippen molar-refractivity contribution in [3.05, 3.63) is 59.5 Å². The second-order valence-electron chi connectivity index (χ2n) is 6.86. The molecule has 3 heterocycles. The average Bonchev–Trinajstić information content (AvgIpc) is 3.36. The Morgan fingerprint density at radius 2 is 2.07 bits per heavy atom. The van der Waals surface area contributed by atoms with E-state index in [4.69, 9.17) is 4.74 Å². The molecule has 7 nitrogen and oxygen atoms in total. The van der Waals surface area contributed by atoms with Gasteiger partial charge in [-0.3, -0.25) is 9.39 Å². The summed E-state index contributed by atoms with van der Waals surface area (Å²) in [6, 6.07) is 12.4. The van der Waals surface area contributed by atoms with Crippen LogP contribution in [-0.4, -0.2) is 47.3 Å². The van der Waals surface area contributed by atoms with Gasteiger partial charge in [0.25, 0.3) is 0 Å². The van der Waals surface area contributed by atoms with E-state index >= 15 is 0 Å². The summed E-state index contributed by atoms with van der Waals surface area (Å²) in [5, 5.41) is 15.2. The maximum absolute atomic E-state index is 5.56. The van der Waals surface area contributed by atoms with E-state index in [0.29, 0.717) is 0 Å². The minimum atomic E-state index is 0.804. The molecule has 0 radical (unpaired) electrons. The molecule has 0 bridgehead atoms. The van der Waals surface area contributed by atoms with Gasteiger partial charge < -0.3 is 15.4 Å². The summed E-state index contributed by atoms with van der Waals surface area (Å²) in [5.74, 6) is 2.85. The fraction of sp³-hybridized carbons (Fsp3) is 0.381. The van der Waals surface area contributed by atoms with Crippen molar-refractivity contribution in [2.45, 2.75) is 25.7 Å². The molecule has 0 aliphatic carbocycles. The number of hydrogen-bond donors (Lipinski definition) is 2. The Balaban J connectivity index is 1.19. The third kappa shape index (κ3) is 4.24. The van der Waals surface area contributed by atoms with Crippen LogP contribution < -0.4 is 15.4 Å². The Labute approximate surface area is 164 Å². The van der Waals surface area contributed by atoms with Gasteiger partial charge in [-0.2, -0.15) is 0 Å². The zero-order chi connectivity index (χ0) is 19.2. The Morgan fingerprint density at radius 1 is 1.14 bits per heavy atom. The number of benzene rings is 1. The molecule has 2 aromatic heterocycles. The molecule has 0 saturated heterocycles. The molecule has 1 aromatic carbocycles. The van der Waals surface area contributed by atoms with E-state index in [9.17, 15) is 0 Å². The van der Waals surface area contributed by atoms with Crippen LogP contribution in [0.2, 0.25) is 0 Å². The Bertz CT molecular complexity index is 964. The largest absolute Gasteiger partial charge is 0.493 e. The number of ether oxygens (including phenoxy) is 1. The lowest BCUT2D eigenvalue weighted by molar-refractivity contribution is 0.357. The van der Waals surface area contributed by atoms with Gasteiger partial charge in [0.2, 0.25) is 0 Å². The number of nitrogens with one attached hydrogen (secondary N) is 2. The number of guanidine groups is 1. The summed E-state index contributed by atoms with van der Waals surface area (Å²) in [4.78, 5) is 4.30. The Kier molecular flexibility index (Phi) is 5.70. The molecule has 146 valence electrons.